The van der Waals surface area contributed by atoms with E-state index in [1.165, 1.54) is 11.1 Å². The normalized spacial score (nSPS) is 11.0. The van der Waals surface area contributed by atoms with E-state index in [2.05, 4.69) is 36.4 Å². The van der Waals surface area contributed by atoms with Gasteiger partial charge in [-0.2, -0.15) is 9.78 Å². The number of hydrogen-bond acceptors (Lipinski definition) is 5. The molecule has 0 aliphatic rings. The van der Waals surface area contributed by atoms with Gasteiger partial charge < -0.3 is 10.1 Å². The first-order valence-corrected chi connectivity index (χ1v) is 11.4. The molecule has 2 aromatic heterocycles. The van der Waals surface area contributed by atoms with Gasteiger partial charge in [-0.15, -0.1) is 0 Å². The molecule has 3 aromatic carbocycles. The number of hydrogen-bond donors (Lipinski definition) is 1. The maximum atomic E-state index is 13.0. The van der Waals surface area contributed by atoms with Crippen LogP contribution in [0.5, 0.6) is 11.5 Å². The Labute approximate surface area is 195 Å². The third-order valence-electron chi connectivity index (χ3n) is 5.32. The van der Waals surface area contributed by atoms with E-state index in [9.17, 15) is 4.79 Å². The molecule has 5 rings (SSSR count). The minimum absolute atomic E-state index is 0.248. The van der Waals surface area contributed by atoms with Crippen LogP contribution in [0, 0.1) is 20.8 Å². The number of benzene rings is 3. The number of amides is 1. The number of carbonyl (C=O) groups is 1. The minimum atomic E-state index is -0.248. The Morgan fingerprint density at radius 1 is 0.909 bits per heavy atom. The third kappa shape index (κ3) is 4.36. The second-order valence-corrected chi connectivity index (χ2v) is 8.89. The SMILES string of the molecule is Cc1cc(NC(=O)c2cccc(Oc3ccccc3)c2)n(-c2nc3cc(C)c(C)cc3s2)n1. The van der Waals surface area contributed by atoms with E-state index in [-0.39, 0.29) is 5.91 Å². The van der Waals surface area contributed by atoms with Crippen molar-refractivity contribution in [2.45, 2.75) is 20.8 Å². The molecule has 0 aliphatic carbocycles. The van der Waals surface area contributed by atoms with Crippen molar-refractivity contribution in [2.24, 2.45) is 0 Å². The maximum Gasteiger partial charge on any atom is 0.256 e. The fourth-order valence-electron chi connectivity index (χ4n) is 3.51. The van der Waals surface area contributed by atoms with Gasteiger partial charge in [0, 0.05) is 11.6 Å². The standard InChI is InChI=1S/C26H22N4O2S/c1-16-12-22-23(13-17(16)2)33-26(27-22)30-24(14-18(3)29-30)28-25(31)19-8-7-11-21(15-19)32-20-9-5-4-6-10-20/h4-15H,1-3H3,(H,28,31). The van der Waals surface area contributed by atoms with Gasteiger partial charge in [0.2, 0.25) is 5.13 Å². The van der Waals surface area contributed by atoms with Crippen LogP contribution in [0.2, 0.25) is 0 Å². The lowest BCUT2D eigenvalue weighted by Crippen LogP contribution is -2.15. The summed E-state index contributed by atoms with van der Waals surface area (Å²) in [5.74, 6) is 1.63. The van der Waals surface area contributed by atoms with Crippen molar-refractivity contribution >= 4 is 33.3 Å². The van der Waals surface area contributed by atoms with Crippen molar-refractivity contribution in [1.29, 1.82) is 0 Å². The monoisotopic (exact) mass is 454 g/mol. The fraction of sp³-hybridized carbons (Fsp3) is 0.115. The molecule has 0 atom stereocenters. The minimum Gasteiger partial charge on any atom is -0.457 e. The molecule has 0 bridgehead atoms. The lowest BCUT2D eigenvalue weighted by atomic mass is 10.1. The zero-order chi connectivity index (χ0) is 22.9. The van der Waals surface area contributed by atoms with Gasteiger partial charge in [0.05, 0.1) is 15.9 Å². The number of carbonyl (C=O) groups excluding carboxylic acids is 1. The smallest absolute Gasteiger partial charge is 0.256 e. The molecule has 1 N–H and O–H groups in total. The van der Waals surface area contributed by atoms with Crippen LogP contribution in [0.3, 0.4) is 0 Å². The number of ether oxygens (including phenoxy) is 1. The molecule has 2 heterocycles. The van der Waals surface area contributed by atoms with Crippen LogP contribution in [0.4, 0.5) is 5.82 Å². The highest BCUT2D eigenvalue weighted by molar-refractivity contribution is 7.20. The summed E-state index contributed by atoms with van der Waals surface area (Å²) in [4.78, 5) is 17.8. The van der Waals surface area contributed by atoms with Gasteiger partial charge in [-0.1, -0.05) is 35.6 Å². The molecule has 0 radical (unpaired) electrons. The number of rotatable bonds is 5. The summed E-state index contributed by atoms with van der Waals surface area (Å²) in [5.41, 5.74) is 4.62. The summed E-state index contributed by atoms with van der Waals surface area (Å²) >= 11 is 1.55. The molecule has 7 heteroatoms. The van der Waals surface area contributed by atoms with Crippen LogP contribution < -0.4 is 10.1 Å². The summed E-state index contributed by atoms with van der Waals surface area (Å²) in [6, 6.07) is 22.6. The Morgan fingerprint density at radius 2 is 1.67 bits per heavy atom. The van der Waals surface area contributed by atoms with Crippen LogP contribution in [0.1, 0.15) is 27.2 Å². The first kappa shape index (κ1) is 20.9. The van der Waals surface area contributed by atoms with Crippen LogP contribution >= 0.6 is 11.3 Å². The first-order valence-electron chi connectivity index (χ1n) is 10.6. The Bertz CT molecular complexity index is 1430. The molecule has 33 heavy (non-hydrogen) atoms. The van der Waals surface area contributed by atoms with Crippen LogP contribution in [-0.2, 0) is 0 Å². The number of aromatic nitrogens is 3. The zero-order valence-corrected chi connectivity index (χ0v) is 19.3. The number of anilines is 1. The summed E-state index contributed by atoms with van der Waals surface area (Å²) in [6.07, 6.45) is 0. The molecule has 1 amide bonds. The van der Waals surface area contributed by atoms with Gasteiger partial charge in [0.15, 0.2) is 0 Å². The van der Waals surface area contributed by atoms with E-state index in [1.54, 1.807) is 34.2 Å². The Morgan fingerprint density at radius 3 is 2.48 bits per heavy atom. The van der Waals surface area contributed by atoms with Gasteiger partial charge in [0.1, 0.15) is 17.3 Å². The zero-order valence-electron chi connectivity index (χ0n) is 18.5. The predicted octanol–water partition coefficient (Wildman–Crippen LogP) is 6.45. The van der Waals surface area contributed by atoms with Crippen molar-refractivity contribution in [3.05, 3.63) is 95.2 Å². The molecule has 0 saturated heterocycles. The molecular weight excluding hydrogens is 432 g/mol. The van der Waals surface area contributed by atoms with E-state index in [0.29, 0.717) is 28.0 Å². The molecule has 0 saturated carbocycles. The maximum absolute atomic E-state index is 13.0. The van der Waals surface area contributed by atoms with Crippen molar-refractivity contribution in [3.8, 4) is 16.6 Å². The summed E-state index contributed by atoms with van der Waals surface area (Å²) in [7, 11) is 0. The Balaban J connectivity index is 1.42. The molecule has 5 aromatic rings. The molecule has 0 spiro atoms. The van der Waals surface area contributed by atoms with Crippen molar-refractivity contribution in [2.75, 3.05) is 5.32 Å². The Hall–Kier alpha value is -3.97. The summed E-state index contributed by atoms with van der Waals surface area (Å²) < 4.78 is 8.64. The topological polar surface area (TPSA) is 69.0 Å². The van der Waals surface area contributed by atoms with E-state index >= 15 is 0 Å². The largest absolute Gasteiger partial charge is 0.457 e. The van der Waals surface area contributed by atoms with E-state index in [0.717, 1.165) is 15.9 Å². The van der Waals surface area contributed by atoms with Gasteiger partial charge in [-0.3, -0.25) is 4.79 Å². The number of para-hydroxylation sites is 1. The molecule has 6 nitrogen and oxygen atoms in total. The average molecular weight is 455 g/mol. The molecule has 0 aliphatic heterocycles. The number of nitrogens with one attached hydrogen (secondary N) is 1. The molecule has 164 valence electrons. The molecule has 0 fully saturated rings. The van der Waals surface area contributed by atoms with E-state index in [1.807, 2.05) is 49.4 Å². The van der Waals surface area contributed by atoms with Gasteiger partial charge in [0.25, 0.3) is 5.91 Å². The van der Waals surface area contributed by atoms with Crippen LogP contribution in [0.15, 0.2) is 72.8 Å². The van der Waals surface area contributed by atoms with E-state index < -0.39 is 0 Å². The molecule has 0 unspecified atom stereocenters. The first-order chi connectivity index (χ1) is 16.0. The summed E-state index contributed by atoms with van der Waals surface area (Å²) in [5, 5.41) is 8.25. The second-order valence-electron chi connectivity index (χ2n) is 7.88. The fourth-order valence-corrected chi connectivity index (χ4v) is 4.52. The van der Waals surface area contributed by atoms with Crippen LogP contribution in [-0.4, -0.2) is 20.7 Å². The number of aryl methyl sites for hydroxylation is 3. The highest BCUT2D eigenvalue weighted by Crippen LogP contribution is 2.30. The Kier molecular flexibility index (Phi) is 5.40. The second kappa shape index (κ2) is 8.52. The highest BCUT2D eigenvalue weighted by Gasteiger charge is 2.16. The number of nitrogens with zero attached hydrogens (tertiary/aromatic N) is 3. The lowest BCUT2D eigenvalue weighted by molar-refractivity contribution is 0.102. The predicted molar refractivity (Wildman–Crippen MR) is 132 cm³/mol. The van der Waals surface area contributed by atoms with Crippen molar-refractivity contribution in [3.63, 3.8) is 0 Å². The lowest BCUT2D eigenvalue weighted by Gasteiger charge is -2.09. The average Bonchev–Trinajstić information content (AvgIpc) is 3.37. The highest BCUT2D eigenvalue weighted by atomic mass is 32.1. The number of thiazole rings is 1. The van der Waals surface area contributed by atoms with Crippen molar-refractivity contribution < 1.29 is 9.53 Å². The van der Waals surface area contributed by atoms with Gasteiger partial charge >= 0.3 is 0 Å². The third-order valence-corrected chi connectivity index (χ3v) is 6.32. The van der Waals surface area contributed by atoms with Gasteiger partial charge in [-0.25, -0.2) is 4.98 Å². The number of fused-ring (bicyclic) bond motifs is 1. The molecular formula is C26H22N4O2S. The van der Waals surface area contributed by atoms with Crippen molar-refractivity contribution in [1.82, 2.24) is 14.8 Å². The van der Waals surface area contributed by atoms with E-state index in [4.69, 9.17) is 9.72 Å². The van der Waals surface area contributed by atoms with Crippen LogP contribution in [0.25, 0.3) is 15.3 Å². The van der Waals surface area contributed by atoms with Gasteiger partial charge in [-0.05, 0) is 74.4 Å². The summed E-state index contributed by atoms with van der Waals surface area (Å²) in [6.45, 7) is 6.06. The quantitative estimate of drug-likeness (QED) is 0.331.